The minimum atomic E-state index is -0.0393. The van der Waals surface area contributed by atoms with Crippen molar-refractivity contribution >= 4 is 11.6 Å². The van der Waals surface area contributed by atoms with Gasteiger partial charge in [0, 0.05) is 18.0 Å². The molecule has 0 aliphatic rings. The van der Waals surface area contributed by atoms with Crippen molar-refractivity contribution < 1.29 is 14.3 Å². The van der Waals surface area contributed by atoms with Gasteiger partial charge in [-0.05, 0) is 61.4 Å². The van der Waals surface area contributed by atoms with Crippen molar-refractivity contribution in [2.75, 3.05) is 12.4 Å². The standard InChI is InChI=1S/C25H27NO3/c1-18(2)29-23-13-9-20(10-14-23)24(19-7-5-4-6-8-19)17-25(27)26-21-11-15-22(28-3)16-12-21/h4-16,18,24H,17H2,1-3H3,(H,26,27). The van der Waals surface area contributed by atoms with E-state index in [0.717, 1.165) is 28.3 Å². The van der Waals surface area contributed by atoms with Crippen LogP contribution in [-0.2, 0) is 4.79 Å². The molecule has 0 aliphatic heterocycles. The summed E-state index contributed by atoms with van der Waals surface area (Å²) in [5.74, 6) is 1.51. The highest BCUT2D eigenvalue weighted by molar-refractivity contribution is 5.91. The highest BCUT2D eigenvalue weighted by Crippen LogP contribution is 2.30. The Hall–Kier alpha value is -3.27. The van der Waals surface area contributed by atoms with Gasteiger partial charge in [0.1, 0.15) is 11.5 Å². The van der Waals surface area contributed by atoms with Crippen molar-refractivity contribution in [2.45, 2.75) is 32.3 Å². The van der Waals surface area contributed by atoms with Crippen LogP contribution in [-0.4, -0.2) is 19.1 Å². The van der Waals surface area contributed by atoms with Crippen LogP contribution in [0.5, 0.6) is 11.5 Å². The third-order valence-electron chi connectivity index (χ3n) is 4.62. The maximum atomic E-state index is 12.8. The molecule has 3 aromatic rings. The highest BCUT2D eigenvalue weighted by atomic mass is 16.5. The van der Waals surface area contributed by atoms with Gasteiger partial charge in [-0.25, -0.2) is 0 Å². The minimum absolute atomic E-state index is 0.0356. The molecule has 3 aromatic carbocycles. The lowest BCUT2D eigenvalue weighted by Crippen LogP contribution is -2.16. The van der Waals surface area contributed by atoms with E-state index in [0.29, 0.717) is 6.42 Å². The van der Waals surface area contributed by atoms with Crippen LogP contribution in [0.4, 0.5) is 5.69 Å². The molecule has 0 spiro atoms. The van der Waals surface area contributed by atoms with E-state index in [4.69, 9.17) is 9.47 Å². The first-order valence-corrected chi connectivity index (χ1v) is 9.80. The Balaban J connectivity index is 1.77. The Morgan fingerprint density at radius 2 is 1.41 bits per heavy atom. The molecule has 1 unspecified atom stereocenters. The van der Waals surface area contributed by atoms with Gasteiger partial charge in [-0.3, -0.25) is 4.79 Å². The second-order valence-electron chi connectivity index (χ2n) is 7.18. The molecule has 4 heteroatoms. The smallest absolute Gasteiger partial charge is 0.225 e. The summed E-state index contributed by atoms with van der Waals surface area (Å²) in [6, 6.07) is 25.4. The van der Waals surface area contributed by atoms with Crippen LogP contribution in [0.1, 0.15) is 37.3 Å². The van der Waals surface area contributed by atoms with Crippen LogP contribution in [0.3, 0.4) is 0 Å². The second kappa shape index (κ2) is 9.78. The third kappa shape index (κ3) is 5.85. The average molecular weight is 389 g/mol. The molecule has 0 bridgehead atoms. The number of hydrogen-bond donors (Lipinski definition) is 1. The summed E-state index contributed by atoms with van der Waals surface area (Å²) in [5.41, 5.74) is 2.94. The Kier molecular flexibility index (Phi) is 6.90. The van der Waals surface area contributed by atoms with Crippen molar-refractivity contribution in [3.05, 3.63) is 90.0 Å². The average Bonchev–Trinajstić information content (AvgIpc) is 2.73. The lowest BCUT2D eigenvalue weighted by atomic mass is 9.88. The van der Waals surface area contributed by atoms with E-state index in [2.05, 4.69) is 17.4 Å². The van der Waals surface area contributed by atoms with Crippen molar-refractivity contribution in [1.29, 1.82) is 0 Å². The molecule has 3 rings (SSSR count). The summed E-state index contributed by atoms with van der Waals surface area (Å²) in [4.78, 5) is 12.8. The maximum Gasteiger partial charge on any atom is 0.225 e. The number of ether oxygens (including phenoxy) is 2. The first kappa shape index (κ1) is 20.5. The van der Waals surface area contributed by atoms with Crippen molar-refractivity contribution in [3.63, 3.8) is 0 Å². The van der Waals surface area contributed by atoms with Gasteiger partial charge in [0.05, 0.1) is 13.2 Å². The van der Waals surface area contributed by atoms with E-state index in [1.807, 2.05) is 80.6 Å². The SMILES string of the molecule is COc1ccc(NC(=O)CC(c2ccccc2)c2ccc(OC(C)C)cc2)cc1. The fourth-order valence-electron chi connectivity index (χ4n) is 3.24. The van der Waals surface area contributed by atoms with Crippen LogP contribution >= 0.6 is 0 Å². The van der Waals surface area contributed by atoms with Crippen molar-refractivity contribution in [1.82, 2.24) is 0 Å². The Morgan fingerprint density at radius 1 is 0.828 bits per heavy atom. The van der Waals surface area contributed by atoms with Crippen LogP contribution in [0.2, 0.25) is 0 Å². The van der Waals surface area contributed by atoms with Gasteiger partial charge >= 0.3 is 0 Å². The third-order valence-corrected chi connectivity index (χ3v) is 4.62. The van der Waals surface area contributed by atoms with Gasteiger partial charge in [0.25, 0.3) is 0 Å². The summed E-state index contributed by atoms with van der Waals surface area (Å²) in [6.07, 6.45) is 0.474. The van der Waals surface area contributed by atoms with Gasteiger partial charge in [-0.2, -0.15) is 0 Å². The number of methoxy groups -OCH3 is 1. The van der Waals surface area contributed by atoms with Crippen LogP contribution in [0.15, 0.2) is 78.9 Å². The number of carbonyl (C=O) groups is 1. The number of amides is 1. The van der Waals surface area contributed by atoms with Crippen molar-refractivity contribution in [2.24, 2.45) is 0 Å². The van der Waals surface area contributed by atoms with Crippen molar-refractivity contribution in [3.8, 4) is 11.5 Å². The molecule has 0 heterocycles. The minimum Gasteiger partial charge on any atom is -0.497 e. The predicted octanol–water partition coefficient (Wildman–Crippen LogP) is 5.64. The zero-order valence-corrected chi connectivity index (χ0v) is 17.1. The molecule has 0 radical (unpaired) electrons. The Labute approximate surface area is 172 Å². The van der Waals surface area contributed by atoms with Gasteiger partial charge in [-0.1, -0.05) is 42.5 Å². The van der Waals surface area contributed by atoms with Crippen LogP contribution in [0, 0.1) is 0 Å². The first-order chi connectivity index (χ1) is 14.0. The van der Waals surface area contributed by atoms with Gasteiger partial charge < -0.3 is 14.8 Å². The number of rotatable bonds is 8. The second-order valence-corrected chi connectivity index (χ2v) is 7.18. The maximum absolute atomic E-state index is 12.8. The molecule has 1 amide bonds. The monoisotopic (exact) mass is 389 g/mol. The van der Waals surface area contributed by atoms with Crippen LogP contribution < -0.4 is 14.8 Å². The molecule has 150 valence electrons. The molecule has 0 fully saturated rings. The van der Waals surface area contributed by atoms with E-state index in [-0.39, 0.29) is 17.9 Å². The Bertz CT molecular complexity index is 903. The first-order valence-electron chi connectivity index (χ1n) is 9.80. The highest BCUT2D eigenvalue weighted by Gasteiger charge is 2.18. The normalized spacial score (nSPS) is 11.7. The summed E-state index contributed by atoms with van der Waals surface area (Å²) in [5, 5.41) is 2.98. The molecule has 1 N–H and O–H groups in total. The lowest BCUT2D eigenvalue weighted by Gasteiger charge is -2.19. The van der Waals surface area contributed by atoms with Gasteiger partial charge in [-0.15, -0.1) is 0 Å². The van der Waals surface area contributed by atoms with Gasteiger partial charge in [0.2, 0.25) is 5.91 Å². The van der Waals surface area contributed by atoms with E-state index in [1.54, 1.807) is 7.11 Å². The molecule has 29 heavy (non-hydrogen) atoms. The van der Waals surface area contributed by atoms with E-state index < -0.39 is 0 Å². The van der Waals surface area contributed by atoms with E-state index >= 15 is 0 Å². The summed E-state index contributed by atoms with van der Waals surface area (Å²) >= 11 is 0. The molecule has 0 saturated heterocycles. The van der Waals surface area contributed by atoms with E-state index in [1.165, 1.54) is 0 Å². The zero-order valence-electron chi connectivity index (χ0n) is 17.1. The molecule has 0 aliphatic carbocycles. The zero-order chi connectivity index (χ0) is 20.6. The molecule has 1 atom stereocenters. The number of carbonyl (C=O) groups excluding carboxylic acids is 1. The summed E-state index contributed by atoms with van der Waals surface area (Å²) < 4.78 is 10.9. The molecular weight excluding hydrogens is 362 g/mol. The largest absolute Gasteiger partial charge is 0.497 e. The summed E-state index contributed by atoms with van der Waals surface area (Å²) in [7, 11) is 1.62. The topological polar surface area (TPSA) is 47.6 Å². The van der Waals surface area contributed by atoms with Gasteiger partial charge in [0.15, 0.2) is 0 Å². The Morgan fingerprint density at radius 3 is 2.00 bits per heavy atom. The molecule has 0 saturated carbocycles. The lowest BCUT2D eigenvalue weighted by molar-refractivity contribution is -0.116. The number of nitrogens with one attached hydrogen (secondary N) is 1. The fourth-order valence-corrected chi connectivity index (χ4v) is 3.24. The number of anilines is 1. The molecular formula is C25H27NO3. The number of benzene rings is 3. The van der Waals surface area contributed by atoms with E-state index in [9.17, 15) is 4.79 Å². The predicted molar refractivity (Wildman–Crippen MR) is 117 cm³/mol. The fraction of sp³-hybridized carbons (Fsp3) is 0.240. The quantitative estimate of drug-likeness (QED) is 0.542. The summed E-state index contributed by atoms with van der Waals surface area (Å²) in [6.45, 7) is 4.01. The number of hydrogen-bond acceptors (Lipinski definition) is 3. The molecule has 4 nitrogen and oxygen atoms in total. The van der Waals surface area contributed by atoms with Crippen LogP contribution in [0.25, 0.3) is 0 Å². The molecule has 0 aromatic heterocycles.